The highest BCUT2D eigenvalue weighted by molar-refractivity contribution is 6.07. The minimum atomic E-state index is -1.08. The average Bonchev–Trinajstić information content (AvgIpc) is 2.61. The van der Waals surface area contributed by atoms with Gasteiger partial charge in [-0.25, -0.2) is 9.59 Å². The van der Waals surface area contributed by atoms with Gasteiger partial charge in [-0.15, -0.1) is 0 Å². The minimum Gasteiger partial charge on any atom is -0.478 e. The number of imide groups is 1. The van der Waals surface area contributed by atoms with Crippen molar-refractivity contribution in [2.75, 3.05) is 6.54 Å². The van der Waals surface area contributed by atoms with Gasteiger partial charge in [0.1, 0.15) is 5.54 Å². The van der Waals surface area contributed by atoms with Crippen LogP contribution in [-0.4, -0.2) is 40.0 Å². The molecule has 1 saturated carbocycles. The largest absolute Gasteiger partial charge is 0.478 e. The van der Waals surface area contributed by atoms with Gasteiger partial charge in [-0.3, -0.25) is 9.69 Å². The Labute approximate surface area is 124 Å². The lowest BCUT2D eigenvalue weighted by Crippen LogP contribution is -2.58. The number of carbonyl (C=O) groups excluding carboxylic acids is 2. The molecule has 0 aromatic rings. The van der Waals surface area contributed by atoms with Crippen LogP contribution in [0.5, 0.6) is 0 Å². The van der Waals surface area contributed by atoms with Crippen molar-refractivity contribution in [2.45, 2.75) is 45.6 Å². The summed E-state index contributed by atoms with van der Waals surface area (Å²) < 4.78 is 0. The minimum absolute atomic E-state index is 0.0259. The second kappa shape index (κ2) is 5.50. The number of amides is 3. The molecular weight excluding hydrogens is 272 g/mol. The fourth-order valence-corrected chi connectivity index (χ4v) is 3.60. The summed E-state index contributed by atoms with van der Waals surface area (Å²) in [4.78, 5) is 36.8. The fourth-order valence-electron chi connectivity index (χ4n) is 3.60. The molecule has 0 aromatic heterocycles. The third-order valence-electron chi connectivity index (χ3n) is 4.76. The Kier molecular flexibility index (Phi) is 4.07. The molecule has 2 fully saturated rings. The van der Waals surface area contributed by atoms with Crippen molar-refractivity contribution in [1.29, 1.82) is 0 Å². The summed E-state index contributed by atoms with van der Waals surface area (Å²) in [5.41, 5.74) is -0.349. The molecule has 1 spiro atoms. The third kappa shape index (κ3) is 2.54. The fraction of sp³-hybridized carbons (Fsp3) is 0.667. The predicted molar refractivity (Wildman–Crippen MR) is 76.5 cm³/mol. The van der Waals surface area contributed by atoms with E-state index in [1.165, 1.54) is 0 Å². The highest BCUT2D eigenvalue weighted by atomic mass is 16.4. The molecule has 2 unspecified atom stereocenters. The lowest BCUT2D eigenvalue weighted by molar-refractivity contribution is -0.136. The quantitative estimate of drug-likeness (QED) is 0.613. The third-order valence-corrected chi connectivity index (χ3v) is 4.76. The maximum atomic E-state index is 12.8. The van der Waals surface area contributed by atoms with Crippen molar-refractivity contribution in [3.05, 3.63) is 11.6 Å². The van der Waals surface area contributed by atoms with E-state index in [9.17, 15) is 14.4 Å². The normalized spacial score (nSPS) is 33.5. The van der Waals surface area contributed by atoms with Crippen LogP contribution in [0.4, 0.5) is 4.79 Å². The highest BCUT2D eigenvalue weighted by Crippen LogP contribution is 2.42. The number of carboxylic acid groups (broad SMARTS) is 1. The number of carboxylic acids is 1. The lowest BCUT2D eigenvalue weighted by Gasteiger charge is -2.42. The van der Waals surface area contributed by atoms with Crippen LogP contribution in [0, 0.1) is 11.8 Å². The predicted octanol–water partition coefficient (Wildman–Crippen LogP) is 1.76. The number of nitrogens with zero attached hydrogens (tertiary/aromatic N) is 1. The van der Waals surface area contributed by atoms with E-state index >= 15 is 0 Å². The summed E-state index contributed by atoms with van der Waals surface area (Å²) in [6.07, 6.45) is 3.91. The van der Waals surface area contributed by atoms with Gasteiger partial charge in [0.05, 0.1) is 6.54 Å². The molecule has 21 heavy (non-hydrogen) atoms. The van der Waals surface area contributed by atoms with Crippen molar-refractivity contribution in [3.63, 3.8) is 0 Å². The molecule has 1 heterocycles. The molecule has 6 heteroatoms. The SMILES string of the molecule is CC(=CC(=O)O)CN1C(=O)NC2(C1=O)C(C)CCCC2C. The van der Waals surface area contributed by atoms with E-state index in [2.05, 4.69) is 5.32 Å². The first-order valence-electron chi connectivity index (χ1n) is 7.33. The molecule has 3 amide bonds. The summed E-state index contributed by atoms with van der Waals surface area (Å²) in [5, 5.41) is 11.6. The van der Waals surface area contributed by atoms with E-state index in [0.29, 0.717) is 5.57 Å². The number of hydrogen-bond donors (Lipinski definition) is 2. The lowest BCUT2D eigenvalue weighted by atomic mass is 9.67. The molecule has 116 valence electrons. The zero-order chi connectivity index (χ0) is 15.8. The molecule has 2 atom stereocenters. The molecular formula is C15H22N2O4. The summed E-state index contributed by atoms with van der Waals surface area (Å²) in [6.45, 7) is 5.63. The van der Waals surface area contributed by atoms with Gasteiger partial charge in [-0.2, -0.15) is 0 Å². The van der Waals surface area contributed by atoms with Crippen molar-refractivity contribution in [1.82, 2.24) is 10.2 Å². The number of urea groups is 1. The van der Waals surface area contributed by atoms with Crippen molar-refractivity contribution in [2.24, 2.45) is 11.8 Å². The Balaban J connectivity index is 2.26. The summed E-state index contributed by atoms with van der Waals surface area (Å²) in [7, 11) is 0. The van der Waals surface area contributed by atoms with E-state index in [4.69, 9.17) is 5.11 Å². The van der Waals surface area contributed by atoms with Crippen molar-refractivity contribution < 1.29 is 19.5 Å². The Morgan fingerprint density at radius 1 is 1.38 bits per heavy atom. The van der Waals surface area contributed by atoms with Gasteiger partial charge < -0.3 is 10.4 Å². The van der Waals surface area contributed by atoms with Crippen LogP contribution >= 0.6 is 0 Å². The van der Waals surface area contributed by atoms with Gasteiger partial charge >= 0.3 is 12.0 Å². The second-order valence-electron chi connectivity index (χ2n) is 6.25. The van der Waals surface area contributed by atoms with Crippen LogP contribution in [-0.2, 0) is 9.59 Å². The second-order valence-corrected chi connectivity index (χ2v) is 6.25. The van der Waals surface area contributed by atoms with E-state index in [0.717, 1.165) is 30.2 Å². The Morgan fingerprint density at radius 2 is 1.95 bits per heavy atom. The summed E-state index contributed by atoms with van der Waals surface area (Å²) in [5.74, 6) is -1.11. The molecule has 2 rings (SSSR count). The van der Waals surface area contributed by atoms with Crippen LogP contribution in [0.3, 0.4) is 0 Å². The summed E-state index contributed by atoms with van der Waals surface area (Å²) in [6, 6.07) is -0.418. The smallest absolute Gasteiger partial charge is 0.328 e. The van der Waals surface area contributed by atoms with Crippen LogP contribution < -0.4 is 5.32 Å². The Morgan fingerprint density at radius 3 is 2.48 bits per heavy atom. The van der Waals surface area contributed by atoms with E-state index in [-0.39, 0.29) is 24.3 Å². The zero-order valence-electron chi connectivity index (χ0n) is 12.7. The zero-order valence-corrected chi connectivity index (χ0v) is 12.7. The first-order valence-corrected chi connectivity index (χ1v) is 7.33. The number of aliphatic carboxylic acids is 1. The first-order chi connectivity index (χ1) is 9.79. The van der Waals surface area contributed by atoms with Gasteiger partial charge in [0.2, 0.25) is 0 Å². The topological polar surface area (TPSA) is 86.7 Å². The molecule has 2 aliphatic rings. The standard InChI is InChI=1S/C15H22N2O4/c1-9(7-12(18)19)8-17-13(20)15(16-14(17)21)10(2)5-4-6-11(15)3/h7,10-11H,4-6,8H2,1-3H3,(H,16,21)(H,18,19). The van der Waals surface area contributed by atoms with Gasteiger partial charge in [0.15, 0.2) is 0 Å². The first kappa shape index (κ1) is 15.5. The Hall–Kier alpha value is -1.85. The van der Waals surface area contributed by atoms with E-state index in [1.807, 2.05) is 13.8 Å². The maximum absolute atomic E-state index is 12.8. The molecule has 1 saturated heterocycles. The van der Waals surface area contributed by atoms with Crippen LogP contribution in [0.1, 0.15) is 40.0 Å². The van der Waals surface area contributed by atoms with Gasteiger partial charge in [-0.05, 0) is 37.2 Å². The van der Waals surface area contributed by atoms with Gasteiger partial charge in [0, 0.05) is 6.08 Å². The van der Waals surface area contributed by atoms with Gasteiger partial charge in [-0.1, -0.05) is 20.3 Å². The molecule has 0 bridgehead atoms. The Bertz CT molecular complexity index is 502. The number of hydrogen-bond acceptors (Lipinski definition) is 3. The van der Waals surface area contributed by atoms with Crippen LogP contribution in [0.2, 0.25) is 0 Å². The monoisotopic (exact) mass is 294 g/mol. The molecule has 6 nitrogen and oxygen atoms in total. The molecule has 0 aromatic carbocycles. The molecule has 2 N–H and O–H groups in total. The summed E-state index contributed by atoms with van der Waals surface area (Å²) >= 11 is 0. The molecule has 1 aliphatic carbocycles. The average molecular weight is 294 g/mol. The number of nitrogens with one attached hydrogen (secondary N) is 1. The molecule has 0 radical (unpaired) electrons. The highest BCUT2D eigenvalue weighted by Gasteiger charge is 2.58. The van der Waals surface area contributed by atoms with Crippen LogP contribution in [0.25, 0.3) is 0 Å². The molecule has 1 aliphatic heterocycles. The number of carbonyl (C=O) groups is 3. The van der Waals surface area contributed by atoms with E-state index < -0.39 is 17.5 Å². The van der Waals surface area contributed by atoms with Gasteiger partial charge in [0.25, 0.3) is 5.91 Å². The van der Waals surface area contributed by atoms with Crippen molar-refractivity contribution in [3.8, 4) is 0 Å². The maximum Gasteiger partial charge on any atom is 0.328 e. The van der Waals surface area contributed by atoms with Crippen LogP contribution in [0.15, 0.2) is 11.6 Å². The van der Waals surface area contributed by atoms with E-state index in [1.54, 1.807) is 6.92 Å². The number of rotatable bonds is 3. The van der Waals surface area contributed by atoms with Crippen molar-refractivity contribution >= 4 is 17.9 Å².